The second kappa shape index (κ2) is 5.49. The van der Waals surface area contributed by atoms with Gasteiger partial charge in [0.1, 0.15) is 0 Å². The van der Waals surface area contributed by atoms with Gasteiger partial charge in [0.25, 0.3) is 0 Å². The Labute approximate surface area is 102 Å². The second-order valence-electron chi connectivity index (χ2n) is 4.51. The number of morpholine rings is 1. The highest BCUT2D eigenvalue weighted by Crippen LogP contribution is 2.22. The van der Waals surface area contributed by atoms with Gasteiger partial charge >= 0.3 is 0 Å². The molecule has 4 heteroatoms. The van der Waals surface area contributed by atoms with Gasteiger partial charge in [0.2, 0.25) is 0 Å². The smallest absolute Gasteiger partial charge is 0.0981 e. The minimum atomic E-state index is -0.0901. The van der Waals surface area contributed by atoms with Crippen LogP contribution in [0.5, 0.6) is 0 Å². The van der Waals surface area contributed by atoms with E-state index in [1.807, 2.05) is 12.1 Å². The summed E-state index contributed by atoms with van der Waals surface area (Å²) in [6.07, 6.45) is -0.0901. The van der Waals surface area contributed by atoms with Crippen LogP contribution in [-0.4, -0.2) is 37.0 Å². The molecule has 94 valence electrons. The van der Waals surface area contributed by atoms with Crippen LogP contribution in [-0.2, 0) is 11.3 Å². The van der Waals surface area contributed by atoms with Crippen molar-refractivity contribution in [2.75, 3.05) is 24.7 Å². The van der Waals surface area contributed by atoms with Crippen molar-refractivity contribution in [1.82, 2.24) is 0 Å². The van der Waals surface area contributed by atoms with Crippen LogP contribution < -0.4 is 10.6 Å². The third-order valence-electron chi connectivity index (χ3n) is 3.19. The molecule has 1 aliphatic rings. The van der Waals surface area contributed by atoms with E-state index in [1.165, 1.54) is 0 Å². The normalized spacial score (nSPS) is 25.0. The second-order valence-corrected chi connectivity index (χ2v) is 4.51. The number of hydrogen-bond acceptors (Lipinski definition) is 4. The van der Waals surface area contributed by atoms with Gasteiger partial charge in [0.05, 0.1) is 19.3 Å². The molecular formula is C13H20N2O2. The zero-order chi connectivity index (χ0) is 12.3. The number of nitrogens with zero attached hydrogens (tertiary/aromatic N) is 1. The maximum absolute atomic E-state index is 9.17. The largest absolute Gasteiger partial charge is 0.394 e. The molecule has 0 aliphatic carbocycles. The first kappa shape index (κ1) is 12.4. The van der Waals surface area contributed by atoms with Crippen molar-refractivity contribution in [3.8, 4) is 0 Å². The van der Waals surface area contributed by atoms with Crippen molar-refractivity contribution >= 4 is 5.69 Å². The van der Waals surface area contributed by atoms with Gasteiger partial charge in [0, 0.05) is 24.8 Å². The molecule has 17 heavy (non-hydrogen) atoms. The molecule has 2 rings (SSSR count). The Balaban J connectivity index is 2.18. The van der Waals surface area contributed by atoms with Crippen LogP contribution in [0.15, 0.2) is 24.3 Å². The van der Waals surface area contributed by atoms with E-state index in [0.717, 1.165) is 17.8 Å². The Hall–Kier alpha value is -1.10. The quantitative estimate of drug-likeness (QED) is 0.812. The van der Waals surface area contributed by atoms with Crippen molar-refractivity contribution in [1.29, 1.82) is 0 Å². The first-order valence-electron chi connectivity index (χ1n) is 6.02. The van der Waals surface area contributed by atoms with Gasteiger partial charge in [-0.15, -0.1) is 0 Å². The maximum Gasteiger partial charge on any atom is 0.0981 e. The SMILES string of the molecule is CC1COC(CO)CN1c1cccc(CN)c1. The predicted octanol–water partition coefficient (Wildman–Crippen LogP) is 0.731. The molecule has 0 bridgehead atoms. The van der Waals surface area contributed by atoms with Gasteiger partial charge in [-0.1, -0.05) is 12.1 Å². The average molecular weight is 236 g/mol. The third kappa shape index (κ3) is 2.77. The summed E-state index contributed by atoms with van der Waals surface area (Å²) >= 11 is 0. The zero-order valence-electron chi connectivity index (χ0n) is 10.2. The van der Waals surface area contributed by atoms with E-state index >= 15 is 0 Å². The van der Waals surface area contributed by atoms with Crippen molar-refractivity contribution < 1.29 is 9.84 Å². The fourth-order valence-corrected chi connectivity index (χ4v) is 2.15. The summed E-state index contributed by atoms with van der Waals surface area (Å²) in [5.74, 6) is 0. The van der Waals surface area contributed by atoms with Crippen LogP contribution in [0.4, 0.5) is 5.69 Å². The Morgan fingerprint density at radius 1 is 1.53 bits per heavy atom. The summed E-state index contributed by atoms with van der Waals surface area (Å²) in [4.78, 5) is 2.27. The number of anilines is 1. The highest BCUT2D eigenvalue weighted by Gasteiger charge is 2.25. The lowest BCUT2D eigenvalue weighted by atomic mass is 10.1. The lowest BCUT2D eigenvalue weighted by Gasteiger charge is -2.39. The first-order chi connectivity index (χ1) is 8.24. The van der Waals surface area contributed by atoms with Crippen molar-refractivity contribution in [2.24, 2.45) is 5.73 Å². The van der Waals surface area contributed by atoms with Crippen LogP contribution in [0.1, 0.15) is 12.5 Å². The Morgan fingerprint density at radius 2 is 2.35 bits per heavy atom. The van der Waals surface area contributed by atoms with Crippen molar-refractivity contribution in [2.45, 2.75) is 25.6 Å². The summed E-state index contributed by atoms with van der Waals surface area (Å²) in [5, 5.41) is 9.17. The van der Waals surface area contributed by atoms with Crippen LogP contribution >= 0.6 is 0 Å². The van der Waals surface area contributed by atoms with E-state index in [2.05, 4.69) is 24.0 Å². The topological polar surface area (TPSA) is 58.7 Å². The molecule has 1 aliphatic heterocycles. The van der Waals surface area contributed by atoms with Gasteiger partial charge in [0.15, 0.2) is 0 Å². The third-order valence-corrected chi connectivity index (χ3v) is 3.19. The Kier molecular flexibility index (Phi) is 3.99. The number of aliphatic hydroxyl groups excluding tert-OH is 1. The standard InChI is InChI=1S/C13H20N2O2/c1-10-9-17-13(8-16)7-15(10)12-4-2-3-11(5-12)6-14/h2-5,10,13,16H,6-9,14H2,1H3. The summed E-state index contributed by atoms with van der Waals surface area (Å²) in [6, 6.07) is 8.56. The molecule has 3 N–H and O–H groups in total. The molecule has 1 saturated heterocycles. The molecule has 1 aromatic rings. The predicted molar refractivity (Wildman–Crippen MR) is 68.0 cm³/mol. The first-order valence-corrected chi connectivity index (χ1v) is 6.02. The number of rotatable bonds is 3. The molecule has 1 fully saturated rings. The Morgan fingerprint density at radius 3 is 3.06 bits per heavy atom. The van der Waals surface area contributed by atoms with Crippen molar-refractivity contribution in [3.05, 3.63) is 29.8 Å². The molecular weight excluding hydrogens is 216 g/mol. The molecule has 0 radical (unpaired) electrons. The highest BCUT2D eigenvalue weighted by atomic mass is 16.5. The fraction of sp³-hybridized carbons (Fsp3) is 0.538. The van der Waals surface area contributed by atoms with E-state index < -0.39 is 0 Å². The van der Waals surface area contributed by atoms with Crippen molar-refractivity contribution in [3.63, 3.8) is 0 Å². The molecule has 1 heterocycles. The van der Waals surface area contributed by atoms with Crippen LogP contribution in [0.3, 0.4) is 0 Å². The molecule has 2 unspecified atom stereocenters. The lowest BCUT2D eigenvalue weighted by molar-refractivity contribution is -0.0103. The monoisotopic (exact) mass is 236 g/mol. The molecule has 0 aromatic heterocycles. The molecule has 0 saturated carbocycles. The zero-order valence-corrected chi connectivity index (χ0v) is 10.2. The number of aliphatic hydroxyl groups is 1. The van der Waals surface area contributed by atoms with E-state index in [1.54, 1.807) is 0 Å². The number of hydrogen-bond donors (Lipinski definition) is 2. The van der Waals surface area contributed by atoms with Gasteiger partial charge in [-0.05, 0) is 24.6 Å². The lowest BCUT2D eigenvalue weighted by Crippen LogP contribution is -2.49. The van der Waals surface area contributed by atoms with Gasteiger partial charge in [-0.3, -0.25) is 0 Å². The van der Waals surface area contributed by atoms with Crippen LogP contribution in [0.2, 0.25) is 0 Å². The average Bonchev–Trinajstić information content (AvgIpc) is 2.39. The molecule has 1 aromatic carbocycles. The summed E-state index contributed by atoms with van der Waals surface area (Å²) in [5.41, 5.74) is 7.93. The maximum atomic E-state index is 9.17. The molecule has 2 atom stereocenters. The molecule has 4 nitrogen and oxygen atoms in total. The fourth-order valence-electron chi connectivity index (χ4n) is 2.15. The Bertz CT molecular complexity index is 370. The van der Waals surface area contributed by atoms with E-state index in [9.17, 15) is 5.11 Å². The summed E-state index contributed by atoms with van der Waals surface area (Å²) in [6.45, 7) is 4.13. The van der Waals surface area contributed by atoms with E-state index in [4.69, 9.17) is 10.5 Å². The number of benzene rings is 1. The summed E-state index contributed by atoms with van der Waals surface area (Å²) < 4.78 is 5.53. The van der Waals surface area contributed by atoms with Crippen LogP contribution in [0.25, 0.3) is 0 Å². The van der Waals surface area contributed by atoms with Gasteiger partial charge < -0.3 is 20.5 Å². The van der Waals surface area contributed by atoms with Gasteiger partial charge in [-0.25, -0.2) is 0 Å². The molecule has 0 spiro atoms. The minimum absolute atomic E-state index is 0.0692. The number of nitrogens with two attached hydrogens (primary N) is 1. The molecule has 0 amide bonds. The van der Waals surface area contributed by atoms with E-state index in [0.29, 0.717) is 19.2 Å². The summed E-state index contributed by atoms with van der Waals surface area (Å²) in [7, 11) is 0. The number of ether oxygens (including phenoxy) is 1. The minimum Gasteiger partial charge on any atom is -0.394 e. The van der Waals surface area contributed by atoms with E-state index in [-0.39, 0.29) is 12.7 Å². The van der Waals surface area contributed by atoms with Crippen LogP contribution in [0, 0.1) is 0 Å². The highest BCUT2D eigenvalue weighted by molar-refractivity contribution is 5.50. The van der Waals surface area contributed by atoms with Gasteiger partial charge in [-0.2, -0.15) is 0 Å².